The molecule has 0 saturated carbocycles. The molecule has 0 aliphatic carbocycles. The topological polar surface area (TPSA) is 38.0 Å². The number of benzene rings is 2. The van der Waals surface area contributed by atoms with Gasteiger partial charge in [-0.1, -0.05) is 35.3 Å². The SMILES string of the molecule is OCc1cn(-c2ccccc2F)nc1-c1ccc(Cl)cc1Cl. The molecule has 0 saturated heterocycles. The summed E-state index contributed by atoms with van der Waals surface area (Å²) in [4.78, 5) is 0. The summed E-state index contributed by atoms with van der Waals surface area (Å²) in [5.74, 6) is -0.400. The molecule has 2 aromatic carbocycles. The normalized spacial score (nSPS) is 10.9. The van der Waals surface area contributed by atoms with Crippen molar-refractivity contribution in [3.63, 3.8) is 0 Å². The second-order valence-corrected chi connectivity index (χ2v) is 5.52. The van der Waals surface area contributed by atoms with E-state index in [2.05, 4.69) is 5.10 Å². The first-order chi connectivity index (χ1) is 10.6. The van der Waals surface area contributed by atoms with E-state index < -0.39 is 5.82 Å². The fraction of sp³-hybridized carbons (Fsp3) is 0.0625. The molecule has 22 heavy (non-hydrogen) atoms. The van der Waals surface area contributed by atoms with Crippen molar-refractivity contribution in [1.82, 2.24) is 9.78 Å². The molecule has 1 aromatic heterocycles. The number of hydrogen-bond acceptors (Lipinski definition) is 2. The van der Waals surface area contributed by atoms with Crippen molar-refractivity contribution in [3.05, 3.63) is 70.1 Å². The molecule has 0 fully saturated rings. The maximum atomic E-state index is 13.9. The minimum atomic E-state index is -0.400. The van der Waals surface area contributed by atoms with Gasteiger partial charge in [0.05, 0.1) is 17.3 Å². The summed E-state index contributed by atoms with van der Waals surface area (Å²) in [7, 11) is 0. The molecule has 0 bridgehead atoms. The van der Waals surface area contributed by atoms with Crippen LogP contribution in [0.5, 0.6) is 0 Å². The highest BCUT2D eigenvalue weighted by atomic mass is 35.5. The van der Waals surface area contributed by atoms with Crippen molar-refractivity contribution in [2.45, 2.75) is 6.61 Å². The van der Waals surface area contributed by atoms with Crippen molar-refractivity contribution >= 4 is 23.2 Å². The van der Waals surface area contributed by atoms with E-state index in [4.69, 9.17) is 23.2 Å². The van der Waals surface area contributed by atoms with Gasteiger partial charge >= 0.3 is 0 Å². The van der Waals surface area contributed by atoms with Crippen LogP contribution in [0, 0.1) is 5.82 Å². The van der Waals surface area contributed by atoms with Gasteiger partial charge in [0.2, 0.25) is 0 Å². The van der Waals surface area contributed by atoms with Gasteiger partial charge in [-0.3, -0.25) is 0 Å². The summed E-state index contributed by atoms with van der Waals surface area (Å²) in [5, 5.41) is 14.8. The van der Waals surface area contributed by atoms with Crippen molar-refractivity contribution in [3.8, 4) is 16.9 Å². The Kier molecular flexibility index (Phi) is 4.16. The molecule has 3 aromatic rings. The number of hydrogen-bond donors (Lipinski definition) is 1. The summed E-state index contributed by atoms with van der Waals surface area (Å²) in [5.41, 5.74) is 1.97. The molecule has 0 radical (unpaired) electrons. The fourth-order valence-electron chi connectivity index (χ4n) is 2.19. The first kappa shape index (κ1) is 15.0. The smallest absolute Gasteiger partial charge is 0.148 e. The van der Waals surface area contributed by atoms with Gasteiger partial charge in [-0.2, -0.15) is 5.10 Å². The number of rotatable bonds is 3. The largest absolute Gasteiger partial charge is 0.392 e. The molecule has 0 aliphatic rings. The number of nitrogens with zero attached hydrogens (tertiary/aromatic N) is 2. The van der Waals surface area contributed by atoms with Crippen molar-refractivity contribution in [2.75, 3.05) is 0 Å². The molecular formula is C16H11Cl2FN2O. The Hall–Kier alpha value is -1.88. The van der Waals surface area contributed by atoms with E-state index in [0.29, 0.717) is 32.6 Å². The van der Waals surface area contributed by atoms with Crippen LogP contribution in [-0.4, -0.2) is 14.9 Å². The van der Waals surface area contributed by atoms with Crippen LogP contribution in [0.15, 0.2) is 48.7 Å². The second kappa shape index (κ2) is 6.08. The maximum Gasteiger partial charge on any atom is 0.148 e. The molecule has 112 valence electrons. The molecular weight excluding hydrogens is 326 g/mol. The first-order valence-corrected chi connectivity index (χ1v) is 7.25. The van der Waals surface area contributed by atoms with Crippen LogP contribution in [0.1, 0.15) is 5.56 Å². The van der Waals surface area contributed by atoms with Gasteiger partial charge in [0.25, 0.3) is 0 Å². The predicted octanol–water partition coefficient (Wildman–Crippen LogP) is 4.48. The second-order valence-electron chi connectivity index (χ2n) is 4.68. The highest BCUT2D eigenvalue weighted by Crippen LogP contribution is 2.32. The third kappa shape index (κ3) is 2.73. The number of halogens is 3. The molecule has 1 N–H and O–H groups in total. The standard InChI is InChI=1S/C16H11Cl2FN2O/c17-11-5-6-12(13(18)7-11)16-10(9-22)8-21(20-16)15-4-2-1-3-14(15)19/h1-8,22H,9H2. The van der Waals surface area contributed by atoms with Crippen LogP contribution in [-0.2, 0) is 6.61 Å². The van der Waals surface area contributed by atoms with E-state index >= 15 is 0 Å². The highest BCUT2D eigenvalue weighted by molar-refractivity contribution is 6.36. The molecule has 1 heterocycles. The third-order valence-electron chi connectivity index (χ3n) is 3.25. The monoisotopic (exact) mass is 336 g/mol. The van der Waals surface area contributed by atoms with Crippen molar-refractivity contribution in [1.29, 1.82) is 0 Å². The van der Waals surface area contributed by atoms with E-state index in [-0.39, 0.29) is 6.61 Å². The van der Waals surface area contributed by atoms with E-state index in [0.717, 1.165) is 0 Å². The van der Waals surface area contributed by atoms with Gasteiger partial charge in [0, 0.05) is 22.3 Å². The summed E-state index contributed by atoms with van der Waals surface area (Å²) < 4.78 is 15.3. The number of para-hydroxylation sites is 1. The van der Waals surface area contributed by atoms with Crippen LogP contribution < -0.4 is 0 Å². The van der Waals surface area contributed by atoms with E-state index in [1.54, 1.807) is 42.6 Å². The Bertz CT molecular complexity index is 833. The van der Waals surface area contributed by atoms with Gasteiger partial charge in [-0.05, 0) is 30.3 Å². The first-order valence-electron chi connectivity index (χ1n) is 6.50. The molecule has 0 unspecified atom stereocenters. The zero-order chi connectivity index (χ0) is 15.7. The minimum absolute atomic E-state index is 0.233. The van der Waals surface area contributed by atoms with E-state index in [9.17, 15) is 9.50 Å². The zero-order valence-electron chi connectivity index (χ0n) is 11.3. The van der Waals surface area contributed by atoms with Gasteiger partial charge in [-0.25, -0.2) is 9.07 Å². The summed E-state index contributed by atoms with van der Waals surface area (Å²) >= 11 is 12.1. The molecule has 0 aliphatic heterocycles. The van der Waals surface area contributed by atoms with Gasteiger partial charge < -0.3 is 5.11 Å². The van der Waals surface area contributed by atoms with Crippen LogP contribution in [0.4, 0.5) is 4.39 Å². The van der Waals surface area contributed by atoms with Crippen LogP contribution >= 0.6 is 23.2 Å². The average Bonchev–Trinajstić information content (AvgIpc) is 2.91. The number of aromatic nitrogens is 2. The Labute approximate surface area is 136 Å². The Balaban J connectivity index is 2.15. The van der Waals surface area contributed by atoms with Crippen molar-refractivity contribution in [2.24, 2.45) is 0 Å². The molecule has 0 spiro atoms. The van der Waals surface area contributed by atoms with Gasteiger partial charge in [0.15, 0.2) is 0 Å². The Morgan fingerprint density at radius 3 is 2.59 bits per heavy atom. The lowest BCUT2D eigenvalue weighted by Gasteiger charge is -2.04. The minimum Gasteiger partial charge on any atom is -0.392 e. The molecule has 3 nitrogen and oxygen atoms in total. The fourth-order valence-corrected chi connectivity index (χ4v) is 2.69. The summed E-state index contributed by atoms with van der Waals surface area (Å²) in [6.07, 6.45) is 1.58. The summed E-state index contributed by atoms with van der Waals surface area (Å²) in [6.45, 7) is -0.233. The third-order valence-corrected chi connectivity index (χ3v) is 3.79. The lowest BCUT2D eigenvalue weighted by atomic mass is 10.1. The highest BCUT2D eigenvalue weighted by Gasteiger charge is 2.15. The number of aliphatic hydroxyl groups is 1. The van der Waals surface area contributed by atoms with Gasteiger partial charge in [0.1, 0.15) is 11.5 Å². The zero-order valence-corrected chi connectivity index (χ0v) is 12.8. The maximum absolute atomic E-state index is 13.9. The van der Waals surface area contributed by atoms with Crippen molar-refractivity contribution < 1.29 is 9.50 Å². The van der Waals surface area contributed by atoms with Crippen LogP contribution in [0.3, 0.4) is 0 Å². The quantitative estimate of drug-likeness (QED) is 0.765. The summed E-state index contributed by atoms with van der Waals surface area (Å²) in [6, 6.07) is 11.3. The molecule has 6 heteroatoms. The average molecular weight is 337 g/mol. The number of aliphatic hydroxyl groups excluding tert-OH is 1. The molecule has 0 atom stereocenters. The van der Waals surface area contributed by atoms with Gasteiger partial charge in [-0.15, -0.1) is 0 Å². The lowest BCUT2D eigenvalue weighted by molar-refractivity contribution is 0.282. The van der Waals surface area contributed by atoms with E-state index in [1.807, 2.05) is 0 Å². The van der Waals surface area contributed by atoms with E-state index in [1.165, 1.54) is 10.7 Å². The van der Waals surface area contributed by atoms with Crippen LogP contribution in [0.25, 0.3) is 16.9 Å². The van der Waals surface area contributed by atoms with Crippen LogP contribution in [0.2, 0.25) is 10.0 Å². The molecule has 0 amide bonds. The Morgan fingerprint density at radius 2 is 1.91 bits per heavy atom. The predicted molar refractivity (Wildman–Crippen MR) is 84.9 cm³/mol. The molecule has 3 rings (SSSR count). The lowest BCUT2D eigenvalue weighted by Crippen LogP contribution is -1.98. The Morgan fingerprint density at radius 1 is 1.14 bits per heavy atom.